The van der Waals surface area contributed by atoms with Crippen molar-refractivity contribution in [3.63, 3.8) is 0 Å². The Balaban J connectivity index is 2.19. The zero-order valence-corrected chi connectivity index (χ0v) is 13.1. The number of hydrogen-bond donors (Lipinski definition) is 1. The van der Waals surface area contributed by atoms with E-state index in [-0.39, 0.29) is 6.04 Å². The molecule has 1 aromatic carbocycles. The molecular weight excluding hydrogens is 393 g/mol. The second-order valence-corrected chi connectivity index (χ2v) is 6.06. The summed E-state index contributed by atoms with van der Waals surface area (Å²) in [6, 6.07) is 8.17. The van der Waals surface area contributed by atoms with Crippen molar-refractivity contribution in [3.8, 4) is 0 Å². The number of halogens is 2. The molecule has 5 heteroatoms. The summed E-state index contributed by atoms with van der Waals surface area (Å²) < 4.78 is 4.05. The van der Waals surface area contributed by atoms with Gasteiger partial charge >= 0.3 is 0 Å². The largest absolute Gasteiger partial charge is 0.324 e. The molecule has 0 spiro atoms. The van der Waals surface area contributed by atoms with Gasteiger partial charge in [0.15, 0.2) is 0 Å². The second kappa shape index (κ2) is 5.49. The van der Waals surface area contributed by atoms with Crippen LogP contribution in [0.1, 0.15) is 17.3 Å². The van der Waals surface area contributed by atoms with Crippen LogP contribution in [0.15, 0.2) is 34.9 Å². The lowest BCUT2D eigenvalue weighted by Crippen LogP contribution is -2.14. The molecule has 17 heavy (non-hydrogen) atoms. The highest BCUT2D eigenvalue weighted by molar-refractivity contribution is 14.1. The molecule has 1 unspecified atom stereocenters. The van der Waals surface area contributed by atoms with E-state index >= 15 is 0 Å². The molecule has 90 valence electrons. The van der Waals surface area contributed by atoms with Crippen LogP contribution in [0.25, 0.3) is 0 Å². The number of hydrogen-bond acceptors (Lipinski definition) is 2. The Labute approximate surface area is 123 Å². The molecule has 3 nitrogen and oxygen atoms in total. The monoisotopic (exact) mass is 405 g/mol. The Morgan fingerprint density at radius 1 is 1.47 bits per heavy atom. The van der Waals surface area contributed by atoms with Gasteiger partial charge in [-0.05, 0) is 52.4 Å². The van der Waals surface area contributed by atoms with Crippen LogP contribution in [0.2, 0.25) is 0 Å². The van der Waals surface area contributed by atoms with Gasteiger partial charge in [-0.3, -0.25) is 4.68 Å². The fraction of sp³-hybridized carbons (Fsp3) is 0.250. The smallest absolute Gasteiger partial charge is 0.0643 e. The first kappa shape index (κ1) is 13.0. The molecule has 2 aromatic rings. The molecule has 1 heterocycles. The van der Waals surface area contributed by atoms with Crippen molar-refractivity contribution in [2.75, 3.05) is 0 Å². The van der Waals surface area contributed by atoms with Crippen molar-refractivity contribution in [1.29, 1.82) is 0 Å². The maximum absolute atomic E-state index is 6.22. The van der Waals surface area contributed by atoms with Crippen molar-refractivity contribution in [1.82, 2.24) is 9.78 Å². The summed E-state index contributed by atoms with van der Waals surface area (Å²) in [6.45, 7) is 0. The van der Waals surface area contributed by atoms with Crippen LogP contribution in [0.4, 0.5) is 0 Å². The normalized spacial score (nSPS) is 12.7. The average molecular weight is 406 g/mol. The third-order valence-corrected chi connectivity index (χ3v) is 3.95. The first-order valence-electron chi connectivity index (χ1n) is 5.25. The van der Waals surface area contributed by atoms with Crippen LogP contribution in [-0.2, 0) is 13.5 Å². The van der Waals surface area contributed by atoms with Crippen molar-refractivity contribution in [2.24, 2.45) is 12.8 Å². The molecular formula is C12H13BrIN3. The van der Waals surface area contributed by atoms with E-state index in [9.17, 15) is 0 Å². The predicted molar refractivity (Wildman–Crippen MR) is 80.7 cm³/mol. The third-order valence-electron chi connectivity index (χ3n) is 2.56. The van der Waals surface area contributed by atoms with Gasteiger partial charge in [0, 0.05) is 33.8 Å². The molecule has 0 radical (unpaired) electrons. The Hall–Kier alpha value is -0.400. The fourth-order valence-electron chi connectivity index (χ4n) is 1.71. The minimum Gasteiger partial charge on any atom is -0.324 e. The molecule has 0 aliphatic rings. The first-order valence-corrected chi connectivity index (χ1v) is 7.12. The number of nitrogens with zero attached hydrogens (tertiary/aromatic N) is 2. The van der Waals surface area contributed by atoms with Crippen molar-refractivity contribution in [3.05, 3.63) is 49.8 Å². The summed E-state index contributed by atoms with van der Waals surface area (Å²) >= 11 is 5.84. The van der Waals surface area contributed by atoms with Gasteiger partial charge in [0.2, 0.25) is 0 Å². The lowest BCUT2D eigenvalue weighted by molar-refractivity contribution is 0.673. The zero-order valence-electron chi connectivity index (χ0n) is 9.40. The van der Waals surface area contributed by atoms with E-state index in [1.54, 1.807) is 4.68 Å². The van der Waals surface area contributed by atoms with Gasteiger partial charge in [-0.2, -0.15) is 5.10 Å². The number of nitrogens with two attached hydrogens (primary N) is 1. The quantitative estimate of drug-likeness (QED) is 0.797. The summed E-state index contributed by atoms with van der Waals surface area (Å²) in [4.78, 5) is 0. The predicted octanol–water partition coefficient (Wildman–Crippen LogP) is 3.03. The Bertz CT molecular complexity index is 524. The zero-order chi connectivity index (χ0) is 12.4. The highest BCUT2D eigenvalue weighted by Crippen LogP contribution is 2.26. The molecule has 0 saturated heterocycles. The number of aromatic nitrogens is 2. The van der Waals surface area contributed by atoms with Crippen LogP contribution >= 0.6 is 38.5 Å². The molecule has 0 aliphatic carbocycles. The van der Waals surface area contributed by atoms with Crippen LogP contribution in [0.5, 0.6) is 0 Å². The number of rotatable bonds is 3. The highest BCUT2D eigenvalue weighted by Gasteiger charge is 2.12. The summed E-state index contributed by atoms with van der Waals surface area (Å²) in [5.41, 5.74) is 8.37. The second-order valence-electron chi connectivity index (χ2n) is 3.96. The lowest BCUT2D eigenvalue weighted by atomic mass is 10.0. The standard InChI is InChI=1S/C12H13BrIN3/c1-17-5-4-9(16-17)7-12(15)10-6-8(14)2-3-11(10)13/h2-6,12H,7,15H2,1H3. The van der Waals surface area contributed by atoms with Gasteiger partial charge in [0.05, 0.1) is 5.69 Å². The van der Waals surface area contributed by atoms with Crippen molar-refractivity contribution in [2.45, 2.75) is 12.5 Å². The summed E-state index contributed by atoms with van der Waals surface area (Å²) in [5, 5.41) is 4.35. The van der Waals surface area contributed by atoms with Gasteiger partial charge in [-0.1, -0.05) is 15.9 Å². The summed E-state index contributed by atoms with van der Waals surface area (Å²) in [5.74, 6) is 0. The molecule has 0 saturated carbocycles. The van der Waals surface area contributed by atoms with Crippen LogP contribution in [0, 0.1) is 3.57 Å². The van der Waals surface area contributed by atoms with E-state index in [2.05, 4.69) is 55.8 Å². The van der Waals surface area contributed by atoms with E-state index in [0.717, 1.165) is 22.2 Å². The van der Waals surface area contributed by atoms with Gasteiger partial charge in [0.1, 0.15) is 0 Å². The van der Waals surface area contributed by atoms with Crippen LogP contribution in [-0.4, -0.2) is 9.78 Å². The van der Waals surface area contributed by atoms with E-state index in [1.807, 2.05) is 25.4 Å². The van der Waals surface area contributed by atoms with Gasteiger partial charge in [-0.15, -0.1) is 0 Å². The molecule has 1 aromatic heterocycles. The fourth-order valence-corrected chi connectivity index (χ4v) is 2.76. The molecule has 2 N–H and O–H groups in total. The Morgan fingerprint density at radius 3 is 2.88 bits per heavy atom. The Kier molecular flexibility index (Phi) is 4.22. The maximum Gasteiger partial charge on any atom is 0.0643 e. The van der Waals surface area contributed by atoms with Crippen LogP contribution < -0.4 is 5.73 Å². The summed E-state index contributed by atoms with van der Waals surface area (Å²) in [6.07, 6.45) is 2.69. The van der Waals surface area contributed by atoms with Crippen molar-refractivity contribution < 1.29 is 0 Å². The van der Waals surface area contributed by atoms with E-state index in [1.165, 1.54) is 3.57 Å². The van der Waals surface area contributed by atoms with Gasteiger partial charge in [0.25, 0.3) is 0 Å². The highest BCUT2D eigenvalue weighted by atomic mass is 127. The summed E-state index contributed by atoms with van der Waals surface area (Å²) in [7, 11) is 1.91. The molecule has 1 atom stereocenters. The maximum atomic E-state index is 6.22. The molecule has 0 aliphatic heterocycles. The Morgan fingerprint density at radius 2 is 2.24 bits per heavy atom. The first-order chi connectivity index (χ1) is 8.06. The SMILES string of the molecule is Cn1ccc(CC(N)c2cc(I)ccc2Br)n1. The number of benzene rings is 1. The van der Waals surface area contributed by atoms with Gasteiger partial charge in [-0.25, -0.2) is 0 Å². The van der Waals surface area contributed by atoms with Gasteiger partial charge < -0.3 is 5.73 Å². The number of aryl methyl sites for hydroxylation is 1. The average Bonchev–Trinajstić information content (AvgIpc) is 2.67. The van der Waals surface area contributed by atoms with E-state index < -0.39 is 0 Å². The molecule has 0 amide bonds. The topological polar surface area (TPSA) is 43.8 Å². The molecule has 0 fully saturated rings. The third kappa shape index (κ3) is 3.29. The minimum absolute atomic E-state index is 0.0333. The van der Waals surface area contributed by atoms with E-state index in [0.29, 0.717) is 0 Å². The molecule has 2 rings (SSSR count). The van der Waals surface area contributed by atoms with E-state index in [4.69, 9.17) is 5.73 Å². The lowest BCUT2D eigenvalue weighted by Gasteiger charge is -2.13. The van der Waals surface area contributed by atoms with Crippen molar-refractivity contribution >= 4 is 38.5 Å². The van der Waals surface area contributed by atoms with Crippen LogP contribution in [0.3, 0.4) is 0 Å². The minimum atomic E-state index is -0.0333. The molecule has 0 bridgehead atoms.